The number of nitrogens with one attached hydrogen (secondary N) is 2. The van der Waals surface area contributed by atoms with Crippen LogP contribution in [0.2, 0.25) is 5.02 Å². The highest BCUT2D eigenvalue weighted by molar-refractivity contribution is 6.35. The number of rotatable bonds is 5. The number of nitrogens with zero attached hydrogens (tertiary/aromatic N) is 4. The number of H-pyrrole nitrogens is 1. The average molecular weight is 459 g/mol. The fourth-order valence-electron chi connectivity index (χ4n) is 4.06. The zero-order valence-electron chi connectivity index (χ0n) is 16.5. The first-order chi connectivity index (χ1) is 15.4. The van der Waals surface area contributed by atoms with E-state index in [1.165, 1.54) is 12.4 Å². The number of aromatic nitrogens is 5. The summed E-state index contributed by atoms with van der Waals surface area (Å²) in [5.41, 5.74) is 1.64. The molecule has 0 saturated heterocycles. The molecule has 1 amide bonds. The molecule has 2 fully saturated rings. The number of amides is 1. The molecule has 164 valence electrons. The Morgan fingerprint density at radius 1 is 1.34 bits per heavy atom. The van der Waals surface area contributed by atoms with E-state index in [0.29, 0.717) is 27.8 Å². The maximum Gasteiger partial charge on any atom is 0.231 e. The molecule has 0 radical (unpaired) electrons. The van der Waals surface area contributed by atoms with Crippen LogP contribution in [-0.4, -0.2) is 41.8 Å². The van der Waals surface area contributed by atoms with E-state index in [-0.39, 0.29) is 28.7 Å². The van der Waals surface area contributed by atoms with Gasteiger partial charge in [-0.25, -0.2) is 13.8 Å². The summed E-state index contributed by atoms with van der Waals surface area (Å²) in [6.07, 6.45) is 5.99. The van der Waals surface area contributed by atoms with E-state index in [2.05, 4.69) is 25.5 Å². The van der Waals surface area contributed by atoms with Crippen LogP contribution in [0.15, 0.2) is 24.8 Å². The zero-order chi connectivity index (χ0) is 22.1. The molecule has 2 aliphatic carbocycles. The van der Waals surface area contributed by atoms with Crippen molar-refractivity contribution < 1.29 is 18.7 Å². The number of carbonyl (C=O) groups is 1. The highest BCUT2D eigenvalue weighted by Gasteiger charge is 2.43. The fraction of sp³-hybridized carbons (Fsp3) is 0.333. The number of benzene rings is 1. The minimum Gasteiger partial charge on any atom is -0.388 e. The van der Waals surface area contributed by atoms with E-state index in [9.17, 15) is 14.3 Å². The third-order valence-electron chi connectivity index (χ3n) is 6.09. The summed E-state index contributed by atoms with van der Waals surface area (Å²) >= 11 is 6.43. The zero-order valence-corrected chi connectivity index (χ0v) is 17.3. The third kappa shape index (κ3) is 3.05. The Bertz CT molecular complexity index is 1400. The number of imidazole rings is 1. The number of hydrogen-bond donors (Lipinski definition) is 3. The molecule has 3 aromatic heterocycles. The molecule has 6 rings (SSSR count). The second-order valence-electron chi connectivity index (χ2n) is 8.37. The van der Waals surface area contributed by atoms with Gasteiger partial charge in [0.05, 0.1) is 46.8 Å². The Morgan fingerprint density at radius 2 is 2.12 bits per heavy atom. The summed E-state index contributed by atoms with van der Waals surface area (Å²) in [7, 11) is 0. The lowest BCUT2D eigenvalue weighted by molar-refractivity contribution is -0.117. The Hall–Kier alpha value is -3.11. The van der Waals surface area contributed by atoms with Gasteiger partial charge in [-0.1, -0.05) is 11.6 Å². The second kappa shape index (κ2) is 6.94. The molecule has 2 aliphatic rings. The lowest BCUT2D eigenvalue weighted by Crippen LogP contribution is -2.15. The van der Waals surface area contributed by atoms with Gasteiger partial charge >= 0.3 is 0 Å². The van der Waals surface area contributed by atoms with Crippen LogP contribution in [0.4, 0.5) is 14.6 Å². The number of fused-ring (bicyclic) bond motifs is 2. The normalized spacial score (nSPS) is 21.2. The van der Waals surface area contributed by atoms with Gasteiger partial charge in [0.1, 0.15) is 12.0 Å². The minimum absolute atomic E-state index is 0.00952. The van der Waals surface area contributed by atoms with Gasteiger partial charge in [0.15, 0.2) is 11.5 Å². The van der Waals surface area contributed by atoms with Crippen molar-refractivity contribution in [1.29, 1.82) is 0 Å². The van der Waals surface area contributed by atoms with Crippen molar-refractivity contribution in [2.75, 3.05) is 5.32 Å². The van der Waals surface area contributed by atoms with Crippen molar-refractivity contribution in [2.24, 2.45) is 11.8 Å². The first-order valence-corrected chi connectivity index (χ1v) is 10.6. The molecule has 4 aromatic rings. The number of hydrogen-bond acceptors (Lipinski definition) is 5. The van der Waals surface area contributed by atoms with Crippen molar-refractivity contribution in [3.05, 3.63) is 41.2 Å². The monoisotopic (exact) mass is 458 g/mol. The fourth-order valence-corrected chi connectivity index (χ4v) is 4.36. The van der Waals surface area contributed by atoms with Gasteiger partial charge in [0, 0.05) is 22.7 Å². The Morgan fingerprint density at radius 3 is 2.84 bits per heavy atom. The molecule has 1 unspecified atom stereocenters. The van der Waals surface area contributed by atoms with E-state index in [0.717, 1.165) is 12.8 Å². The SMILES string of the molecule is O=C(Nc1cn2cc(-c3c(Cl)c(F)c(C(O)C4CC4)c4[nH]ncc34)ncc2n1)[C@@H]1C[C@@H]1F. The number of halogens is 3. The van der Waals surface area contributed by atoms with Crippen LogP contribution in [0.5, 0.6) is 0 Å². The van der Waals surface area contributed by atoms with Crippen molar-refractivity contribution >= 4 is 39.9 Å². The molecule has 1 aromatic carbocycles. The van der Waals surface area contributed by atoms with E-state index in [1.54, 1.807) is 16.8 Å². The molecule has 3 N–H and O–H groups in total. The Balaban J connectivity index is 1.42. The standard InChI is InChI=1S/C21H17ClF2N6O2/c22-17-15(10-4-26-29-19(10)16(18(17)24)20(31)8-1-2-8)12-6-30-7-13(27-14(30)5-25-12)28-21(32)9-3-11(9)23/h4-9,11,20,31H,1-3H2,(H,26,29)(H,28,32)/t9-,11+,20?/m1/s1. The lowest BCUT2D eigenvalue weighted by Gasteiger charge is -2.16. The van der Waals surface area contributed by atoms with Crippen molar-refractivity contribution in [1.82, 2.24) is 24.6 Å². The number of carbonyl (C=O) groups excluding carboxylic acids is 1. The topological polar surface area (TPSA) is 108 Å². The van der Waals surface area contributed by atoms with Crippen molar-refractivity contribution in [3.63, 3.8) is 0 Å². The van der Waals surface area contributed by atoms with Gasteiger partial charge in [-0.3, -0.25) is 14.9 Å². The van der Waals surface area contributed by atoms with Gasteiger partial charge < -0.3 is 14.8 Å². The maximum absolute atomic E-state index is 15.3. The van der Waals surface area contributed by atoms with Gasteiger partial charge in [-0.2, -0.15) is 5.10 Å². The summed E-state index contributed by atoms with van der Waals surface area (Å²) in [4.78, 5) is 20.6. The molecule has 0 spiro atoms. The van der Waals surface area contributed by atoms with Crippen LogP contribution >= 0.6 is 11.6 Å². The van der Waals surface area contributed by atoms with Crippen LogP contribution in [0.1, 0.15) is 30.9 Å². The second-order valence-corrected chi connectivity index (χ2v) is 8.75. The first kappa shape index (κ1) is 19.6. The van der Waals surface area contributed by atoms with Gasteiger partial charge in [-0.05, 0) is 25.2 Å². The number of anilines is 1. The van der Waals surface area contributed by atoms with Crippen LogP contribution in [0.25, 0.3) is 27.8 Å². The average Bonchev–Trinajstić information content (AvgIpc) is 3.66. The Labute approximate surface area is 184 Å². The van der Waals surface area contributed by atoms with Gasteiger partial charge in [0.25, 0.3) is 0 Å². The molecular weight excluding hydrogens is 442 g/mol. The highest BCUT2D eigenvalue weighted by Crippen LogP contribution is 2.47. The molecule has 8 nitrogen and oxygen atoms in total. The predicted molar refractivity (Wildman–Crippen MR) is 112 cm³/mol. The summed E-state index contributed by atoms with van der Waals surface area (Å²) in [6, 6.07) is 0. The molecule has 32 heavy (non-hydrogen) atoms. The molecule has 3 heterocycles. The van der Waals surface area contributed by atoms with Gasteiger partial charge in [-0.15, -0.1) is 0 Å². The maximum atomic E-state index is 15.3. The highest BCUT2D eigenvalue weighted by atomic mass is 35.5. The predicted octanol–water partition coefficient (Wildman–Crippen LogP) is 3.81. The lowest BCUT2D eigenvalue weighted by atomic mass is 9.97. The first-order valence-electron chi connectivity index (χ1n) is 10.2. The number of aliphatic hydroxyl groups excluding tert-OH is 1. The Kier molecular flexibility index (Phi) is 4.25. The summed E-state index contributed by atoms with van der Waals surface area (Å²) in [5.74, 6) is -1.47. The molecular formula is C21H17ClF2N6O2. The minimum atomic E-state index is -1.10. The molecule has 0 aliphatic heterocycles. The molecule has 0 bridgehead atoms. The molecule has 2 saturated carbocycles. The molecule has 3 atom stereocenters. The smallest absolute Gasteiger partial charge is 0.231 e. The van der Waals surface area contributed by atoms with E-state index in [1.807, 2.05) is 0 Å². The summed E-state index contributed by atoms with van der Waals surface area (Å²) < 4.78 is 30.0. The summed E-state index contributed by atoms with van der Waals surface area (Å²) in [6.45, 7) is 0. The van der Waals surface area contributed by atoms with Crippen LogP contribution < -0.4 is 5.32 Å². The van der Waals surface area contributed by atoms with Crippen LogP contribution in [0, 0.1) is 17.7 Å². The summed E-state index contributed by atoms with van der Waals surface area (Å²) in [5, 5.41) is 20.4. The largest absolute Gasteiger partial charge is 0.388 e. The quantitative estimate of drug-likeness (QED) is 0.421. The van der Waals surface area contributed by atoms with Gasteiger partial charge in [0.2, 0.25) is 5.91 Å². The third-order valence-corrected chi connectivity index (χ3v) is 6.44. The van der Waals surface area contributed by atoms with E-state index in [4.69, 9.17) is 11.6 Å². The van der Waals surface area contributed by atoms with Crippen molar-refractivity contribution in [2.45, 2.75) is 31.5 Å². The molecule has 11 heteroatoms. The van der Waals surface area contributed by atoms with Crippen molar-refractivity contribution in [3.8, 4) is 11.3 Å². The van der Waals surface area contributed by atoms with Crippen LogP contribution in [-0.2, 0) is 4.79 Å². The van der Waals surface area contributed by atoms with E-state index < -0.39 is 29.9 Å². The van der Waals surface area contributed by atoms with E-state index >= 15 is 4.39 Å². The number of alkyl halides is 1. The number of aromatic amines is 1. The number of aliphatic hydroxyl groups is 1. The van der Waals surface area contributed by atoms with Crippen LogP contribution in [0.3, 0.4) is 0 Å².